The molecule has 2 fully saturated rings. The number of hydrogen-bond acceptors (Lipinski definition) is 3. The van der Waals surface area contributed by atoms with E-state index in [1.165, 1.54) is 12.0 Å². The van der Waals surface area contributed by atoms with Crippen molar-refractivity contribution >= 4 is 35.8 Å². The molecule has 1 aliphatic heterocycles. The Morgan fingerprint density at radius 2 is 1.86 bits per heavy atom. The maximum Gasteiger partial charge on any atom is 0.191 e. The lowest BCUT2D eigenvalue weighted by Crippen LogP contribution is -2.49. The van der Waals surface area contributed by atoms with Gasteiger partial charge in [-0.3, -0.25) is 4.99 Å². The minimum Gasteiger partial charge on any atom is -0.357 e. The molecular weight excluding hydrogens is 473 g/mol. The molecule has 0 bridgehead atoms. The Morgan fingerprint density at radius 3 is 2.55 bits per heavy atom. The van der Waals surface area contributed by atoms with E-state index in [0.717, 1.165) is 50.8 Å². The Bertz CT molecular complexity index is 759. The van der Waals surface area contributed by atoms with Gasteiger partial charge in [-0.05, 0) is 55.7 Å². The number of pyridine rings is 1. The molecule has 29 heavy (non-hydrogen) atoms. The summed E-state index contributed by atoms with van der Waals surface area (Å²) in [6.07, 6.45) is 5.35. The summed E-state index contributed by atoms with van der Waals surface area (Å²) >= 11 is 0. The molecule has 5 nitrogen and oxygen atoms in total. The van der Waals surface area contributed by atoms with E-state index in [9.17, 15) is 0 Å². The number of benzene rings is 1. The first-order valence-corrected chi connectivity index (χ1v) is 10.6. The van der Waals surface area contributed by atoms with Crippen molar-refractivity contribution in [2.45, 2.75) is 38.1 Å². The summed E-state index contributed by atoms with van der Waals surface area (Å²) in [4.78, 5) is 11.7. The van der Waals surface area contributed by atoms with Crippen LogP contribution in [0.2, 0.25) is 0 Å². The first kappa shape index (κ1) is 21.9. The summed E-state index contributed by atoms with van der Waals surface area (Å²) < 4.78 is 0. The molecular formula is C23H32IN5. The van der Waals surface area contributed by atoms with Gasteiger partial charge in [0.15, 0.2) is 5.96 Å². The fraction of sp³-hybridized carbons (Fsp3) is 0.478. The molecule has 156 valence electrons. The molecule has 0 spiro atoms. The average Bonchev–Trinajstić information content (AvgIpc) is 3.54. The minimum atomic E-state index is 0. The zero-order chi connectivity index (χ0) is 19.2. The highest BCUT2D eigenvalue weighted by molar-refractivity contribution is 14.0. The number of rotatable bonds is 6. The van der Waals surface area contributed by atoms with Gasteiger partial charge in [-0.25, -0.2) is 4.98 Å². The smallest absolute Gasteiger partial charge is 0.191 e. The Balaban J connectivity index is 0.00000240. The van der Waals surface area contributed by atoms with E-state index in [0.29, 0.717) is 17.9 Å². The van der Waals surface area contributed by atoms with Crippen molar-refractivity contribution < 1.29 is 0 Å². The molecule has 2 aromatic rings. The minimum absolute atomic E-state index is 0. The number of hydrogen-bond donors (Lipinski definition) is 2. The molecule has 0 amide bonds. The second-order valence-electron chi connectivity index (χ2n) is 7.83. The third-order valence-electron chi connectivity index (χ3n) is 5.79. The molecule has 2 N–H and O–H groups in total. The molecule has 1 saturated carbocycles. The van der Waals surface area contributed by atoms with E-state index in [1.54, 1.807) is 0 Å². The molecule has 4 rings (SSSR count). The van der Waals surface area contributed by atoms with Gasteiger partial charge >= 0.3 is 0 Å². The van der Waals surface area contributed by atoms with Gasteiger partial charge in [0.05, 0.1) is 0 Å². The second-order valence-corrected chi connectivity index (χ2v) is 7.83. The molecule has 1 aromatic heterocycles. The summed E-state index contributed by atoms with van der Waals surface area (Å²) in [5.41, 5.74) is 1.46. The standard InChI is InChI=1S/C23H31N5.HI/c1-2-24-23(26-17-19-16-21(19)18-8-4-3-5-9-18)27-20-11-14-28(15-12-20)22-10-6-7-13-25-22;/h3-10,13,19-21H,2,11-12,14-17H2,1H3,(H2,24,26,27);1H. The Kier molecular flexibility index (Phi) is 8.15. The van der Waals surface area contributed by atoms with Crippen LogP contribution in [-0.4, -0.2) is 43.2 Å². The monoisotopic (exact) mass is 505 g/mol. The van der Waals surface area contributed by atoms with Crippen LogP contribution in [0.5, 0.6) is 0 Å². The van der Waals surface area contributed by atoms with Gasteiger partial charge in [0.25, 0.3) is 0 Å². The van der Waals surface area contributed by atoms with Crippen molar-refractivity contribution in [3.8, 4) is 0 Å². The molecule has 1 aliphatic carbocycles. The molecule has 1 aromatic carbocycles. The van der Waals surface area contributed by atoms with E-state index >= 15 is 0 Å². The van der Waals surface area contributed by atoms with Gasteiger partial charge in [0.1, 0.15) is 5.82 Å². The highest BCUT2D eigenvalue weighted by Gasteiger charge is 2.37. The van der Waals surface area contributed by atoms with Gasteiger partial charge in [-0.2, -0.15) is 0 Å². The van der Waals surface area contributed by atoms with Gasteiger partial charge in [0, 0.05) is 38.4 Å². The second kappa shape index (κ2) is 10.8. The fourth-order valence-corrected chi connectivity index (χ4v) is 4.07. The maximum atomic E-state index is 4.89. The summed E-state index contributed by atoms with van der Waals surface area (Å²) in [6.45, 7) is 6.00. The zero-order valence-corrected chi connectivity index (χ0v) is 19.5. The van der Waals surface area contributed by atoms with Crippen molar-refractivity contribution in [3.63, 3.8) is 0 Å². The van der Waals surface area contributed by atoms with Gasteiger partial charge in [-0.1, -0.05) is 36.4 Å². The summed E-state index contributed by atoms with van der Waals surface area (Å²) in [5.74, 6) is 3.43. The van der Waals surface area contributed by atoms with Crippen molar-refractivity contribution in [1.29, 1.82) is 0 Å². The van der Waals surface area contributed by atoms with E-state index in [2.05, 4.69) is 69.9 Å². The number of nitrogens with one attached hydrogen (secondary N) is 2. The van der Waals surface area contributed by atoms with Crippen LogP contribution in [0.15, 0.2) is 59.7 Å². The number of aliphatic imine (C=N–C) groups is 1. The predicted octanol–water partition coefficient (Wildman–Crippen LogP) is 4.03. The van der Waals surface area contributed by atoms with Crippen LogP contribution in [0.4, 0.5) is 5.82 Å². The normalized spacial score (nSPS) is 22.0. The topological polar surface area (TPSA) is 52.6 Å². The molecule has 6 heteroatoms. The first-order chi connectivity index (χ1) is 13.8. The highest BCUT2D eigenvalue weighted by atomic mass is 127. The third kappa shape index (κ3) is 6.07. The molecule has 1 saturated heterocycles. The van der Waals surface area contributed by atoms with E-state index in [4.69, 9.17) is 4.99 Å². The Morgan fingerprint density at radius 1 is 1.10 bits per heavy atom. The fourth-order valence-electron chi connectivity index (χ4n) is 4.07. The van der Waals surface area contributed by atoms with Crippen LogP contribution in [-0.2, 0) is 0 Å². The van der Waals surface area contributed by atoms with Crippen LogP contribution in [0, 0.1) is 5.92 Å². The number of anilines is 1. The van der Waals surface area contributed by atoms with Crippen LogP contribution >= 0.6 is 24.0 Å². The molecule has 2 heterocycles. The SMILES string of the molecule is CCNC(=NCC1CC1c1ccccc1)NC1CCN(c2ccccn2)CC1.I. The molecule has 2 aliphatic rings. The van der Waals surface area contributed by atoms with Crippen LogP contribution < -0.4 is 15.5 Å². The Hall–Kier alpha value is -1.83. The van der Waals surface area contributed by atoms with E-state index in [-0.39, 0.29) is 24.0 Å². The quantitative estimate of drug-likeness (QED) is 0.354. The van der Waals surface area contributed by atoms with Crippen molar-refractivity contribution in [1.82, 2.24) is 15.6 Å². The molecule has 2 atom stereocenters. The lowest BCUT2D eigenvalue weighted by Gasteiger charge is -2.33. The number of nitrogens with zero attached hydrogens (tertiary/aromatic N) is 3. The number of guanidine groups is 1. The number of halogens is 1. The van der Waals surface area contributed by atoms with E-state index in [1.807, 2.05) is 12.3 Å². The van der Waals surface area contributed by atoms with Gasteiger partial charge in [0.2, 0.25) is 0 Å². The zero-order valence-electron chi connectivity index (χ0n) is 17.1. The number of piperidine rings is 1. The first-order valence-electron chi connectivity index (χ1n) is 10.6. The van der Waals surface area contributed by atoms with Gasteiger partial charge < -0.3 is 15.5 Å². The van der Waals surface area contributed by atoms with Crippen LogP contribution in [0.1, 0.15) is 37.7 Å². The average molecular weight is 505 g/mol. The third-order valence-corrected chi connectivity index (χ3v) is 5.79. The van der Waals surface area contributed by atoms with Crippen LogP contribution in [0.25, 0.3) is 0 Å². The molecule has 0 radical (unpaired) electrons. The van der Waals surface area contributed by atoms with Gasteiger partial charge in [-0.15, -0.1) is 24.0 Å². The largest absolute Gasteiger partial charge is 0.357 e. The van der Waals surface area contributed by atoms with Crippen LogP contribution in [0.3, 0.4) is 0 Å². The summed E-state index contributed by atoms with van der Waals surface area (Å²) in [7, 11) is 0. The lowest BCUT2D eigenvalue weighted by atomic mass is 10.1. The van der Waals surface area contributed by atoms with Crippen molar-refractivity contribution in [3.05, 3.63) is 60.3 Å². The lowest BCUT2D eigenvalue weighted by molar-refractivity contribution is 0.459. The summed E-state index contributed by atoms with van der Waals surface area (Å²) in [6, 6.07) is 17.4. The van der Waals surface area contributed by atoms with Crippen molar-refractivity contribution in [2.24, 2.45) is 10.9 Å². The number of aromatic nitrogens is 1. The van der Waals surface area contributed by atoms with E-state index < -0.39 is 0 Å². The highest BCUT2D eigenvalue weighted by Crippen LogP contribution is 2.47. The summed E-state index contributed by atoms with van der Waals surface area (Å²) in [5, 5.41) is 7.08. The maximum absolute atomic E-state index is 4.89. The predicted molar refractivity (Wildman–Crippen MR) is 131 cm³/mol. The molecule has 2 unspecified atom stereocenters. The Labute approximate surface area is 191 Å². The van der Waals surface area contributed by atoms with Crippen molar-refractivity contribution in [2.75, 3.05) is 31.1 Å².